The number of amides is 1. The largest absolute Gasteiger partial charge is 0.273 e. The van der Waals surface area contributed by atoms with Gasteiger partial charge in [-0.05, 0) is 42.5 Å². The summed E-state index contributed by atoms with van der Waals surface area (Å²) < 4.78 is 24.5. The minimum absolute atomic E-state index is 0.0227. The highest BCUT2D eigenvalue weighted by Gasteiger charge is 2.49. The molecule has 3 rings (SSSR count). The van der Waals surface area contributed by atoms with Gasteiger partial charge in [0.2, 0.25) is 15.9 Å². The van der Waals surface area contributed by atoms with Crippen molar-refractivity contribution in [3.8, 4) is 0 Å². The summed E-state index contributed by atoms with van der Waals surface area (Å²) in [6, 6.07) is 5.20. The minimum atomic E-state index is -3.38. The molecule has 1 aliphatic carbocycles. The number of sulfonamides is 1. The summed E-state index contributed by atoms with van der Waals surface area (Å²) in [6.07, 6.45) is 1.18. The molecule has 1 saturated carbocycles. The molecule has 1 saturated heterocycles. The van der Waals surface area contributed by atoms with E-state index < -0.39 is 10.0 Å². The van der Waals surface area contributed by atoms with Crippen molar-refractivity contribution in [2.24, 2.45) is 5.92 Å². The Hall–Kier alpha value is -0.780. The molecule has 1 amide bonds. The van der Waals surface area contributed by atoms with Gasteiger partial charge in [0.25, 0.3) is 0 Å². The van der Waals surface area contributed by atoms with Crippen LogP contribution in [-0.2, 0) is 14.8 Å². The van der Waals surface area contributed by atoms with Crippen LogP contribution in [0, 0.1) is 5.92 Å². The predicted molar refractivity (Wildman–Crippen MR) is 77.4 cm³/mol. The maximum Gasteiger partial charge on any atom is 0.239 e. The van der Waals surface area contributed by atoms with Crippen LogP contribution in [0.5, 0.6) is 0 Å². The summed E-state index contributed by atoms with van der Waals surface area (Å²) in [5.41, 5.74) is 0.900. The Bertz CT molecular complexity index is 654. The number of halogens is 2. The fourth-order valence-electron chi connectivity index (χ4n) is 2.70. The van der Waals surface area contributed by atoms with Gasteiger partial charge in [-0.25, -0.2) is 12.7 Å². The average molecular weight is 334 g/mol. The Morgan fingerprint density at radius 1 is 1.20 bits per heavy atom. The molecule has 4 nitrogen and oxygen atoms in total. The van der Waals surface area contributed by atoms with Gasteiger partial charge in [-0.2, -0.15) is 0 Å². The van der Waals surface area contributed by atoms with E-state index in [0.717, 1.165) is 9.87 Å². The second-order valence-corrected chi connectivity index (χ2v) is 8.12. The standard InChI is InChI=1S/C13H13Cl2NO3S/c14-9-4-8(5-10(15)6-9)11-7-12(11)13(17)16-2-1-3-20(16,18)19/h4-6,11-12H,1-3,7H2/t11-,12+/m0/s1. The van der Waals surface area contributed by atoms with Gasteiger partial charge in [0.05, 0.1) is 5.75 Å². The molecular formula is C13H13Cl2NO3S. The maximum absolute atomic E-state index is 12.3. The van der Waals surface area contributed by atoms with E-state index in [-0.39, 0.29) is 23.5 Å². The molecule has 0 N–H and O–H groups in total. The smallest absolute Gasteiger partial charge is 0.239 e. The van der Waals surface area contributed by atoms with Crippen LogP contribution in [-0.4, -0.2) is 30.9 Å². The van der Waals surface area contributed by atoms with E-state index in [1.807, 2.05) is 0 Å². The Balaban J connectivity index is 1.77. The molecule has 0 spiro atoms. The zero-order chi connectivity index (χ0) is 14.5. The lowest BCUT2D eigenvalue weighted by atomic mass is 10.1. The molecule has 7 heteroatoms. The number of hydrogen-bond donors (Lipinski definition) is 0. The molecule has 108 valence electrons. The molecule has 0 radical (unpaired) electrons. The van der Waals surface area contributed by atoms with E-state index in [1.165, 1.54) is 0 Å². The zero-order valence-corrected chi connectivity index (χ0v) is 12.9. The predicted octanol–water partition coefficient (Wildman–Crippen LogP) is 2.66. The minimum Gasteiger partial charge on any atom is -0.273 e. The van der Waals surface area contributed by atoms with Crippen LogP contribution in [0.1, 0.15) is 24.3 Å². The number of carbonyl (C=O) groups is 1. The highest BCUT2D eigenvalue weighted by atomic mass is 35.5. The van der Waals surface area contributed by atoms with Crippen LogP contribution in [0.3, 0.4) is 0 Å². The van der Waals surface area contributed by atoms with E-state index in [2.05, 4.69) is 0 Å². The van der Waals surface area contributed by atoms with Gasteiger partial charge >= 0.3 is 0 Å². The van der Waals surface area contributed by atoms with Crippen LogP contribution in [0.25, 0.3) is 0 Å². The first-order valence-corrected chi connectivity index (χ1v) is 8.75. The van der Waals surface area contributed by atoms with Gasteiger partial charge in [0.15, 0.2) is 0 Å². The molecular weight excluding hydrogens is 321 g/mol. The first kappa shape index (κ1) is 14.2. The fourth-order valence-corrected chi connectivity index (χ4v) is 4.77. The Morgan fingerprint density at radius 3 is 2.40 bits per heavy atom. The van der Waals surface area contributed by atoms with Gasteiger partial charge in [-0.1, -0.05) is 23.2 Å². The van der Waals surface area contributed by atoms with Crippen molar-refractivity contribution in [1.29, 1.82) is 0 Å². The molecule has 1 aromatic rings. The number of hydrogen-bond acceptors (Lipinski definition) is 3. The van der Waals surface area contributed by atoms with Crippen molar-refractivity contribution < 1.29 is 13.2 Å². The number of nitrogens with zero attached hydrogens (tertiary/aromatic N) is 1. The van der Waals surface area contributed by atoms with Crippen LogP contribution >= 0.6 is 23.2 Å². The van der Waals surface area contributed by atoms with Crippen molar-refractivity contribution in [3.05, 3.63) is 33.8 Å². The molecule has 20 heavy (non-hydrogen) atoms. The first-order chi connectivity index (χ1) is 9.38. The monoisotopic (exact) mass is 333 g/mol. The third-order valence-corrected chi connectivity index (χ3v) is 6.04. The quantitative estimate of drug-likeness (QED) is 0.836. The molecule has 1 aromatic carbocycles. The van der Waals surface area contributed by atoms with Crippen molar-refractivity contribution in [3.63, 3.8) is 0 Å². The molecule has 0 aromatic heterocycles. The summed E-state index contributed by atoms with van der Waals surface area (Å²) in [7, 11) is -3.38. The van der Waals surface area contributed by atoms with Crippen LogP contribution in [0.2, 0.25) is 10.0 Å². The molecule has 1 heterocycles. The Morgan fingerprint density at radius 2 is 1.85 bits per heavy atom. The average Bonchev–Trinajstić information content (AvgIpc) is 3.05. The molecule has 0 unspecified atom stereocenters. The fraction of sp³-hybridized carbons (Fsp3) is 0.462. The maximum atomic E-state index is 12.3. The number of rotatable bonds is 2. The second kappa shape index (κ2) is 4.90. The van der Waals surface area contributed by atoms with Gasteiger partial charge in [0, 0.05) is 22.5 Å². The van der Waals surface area contributed by atoms with Crippen LogP contribution in [0.15, 0.2) is 18.2 Å². The van der Waals surface area contributed by atoms with Crippen molar-refractivity contribution in [2.75, 3.05) is 12.3 Å². The van der Waals surface area contributed by atoms with Gasteiger partial charge < -0.3 is 0 Å². The topological polar surface area (TPSA) is 54.5 Å². The SMILES string of the molecule is O=C([C@@H]1C[C@H]1c1cc(Cl)cc(Cl)c1)N1CCCS1(=O)=O. The second-order valence-electron chi connectivity index (χ2n) is 5.23. The number of carbonyl (C=O) groups excluding carboxylic acids is 1. The van der Waals surface area contributed by atoms with Gasteiger partial charge in [0.1, 0.15) is 0 Å². The van der Waals surface area contributed by atoms with Crippen molar-refractivity contribution >= 4 is 39.1 Å². The van der Waals surface area contributed by atoms with E-state index in [4.69, 9.17) is 23.2 Å². The summed E-state index contributed by atoms with van der Waals surface area (Å²) in [5, 5.41) is 1.05. The molecule has 2 atom stereocenters. The zero-order valence-electron chi connectivity index (χ0n) is 10.6. The lowest BCUT2D eigenvalue weighted by Gasteiger charge is -2.14. The summed E-state index contributed by atoms with van der Waals surface area (Å²) in [6.45, 7) is 0.306. The van der Waals surface area contributed by atoms with E-state index in [9.17, 15) is 13.2 Å². The summed E-state index contributed by atoms with van der Waals surface area (Å²) in [5.74, 6) is -0.463. The molecule has 0 bridgehead atoms. The normalized spacial score (nSPS) is 27.6. The lowest BCUT2D eigenvalue weighted by Crippen LogP contribution is -2.34. The van der Waals surface area contributed by atoms with Crippen LogP contribution < -0.4 is 0 Å². The third kappa shape index (κ3) is 2.54. The molecule has 2 aliphatic rings. The van der Waals surface area contributed by atoms with Crippen molar-refractivity contribution in [1.82, 2.24) is 4.31 Å². The highest BCUT2D eigenvalue weighted by Crippen LogP contribution is 2.50. The van der Waals surface area contributed by atoms with Crippen LogP contribution in [0.4, 0.5) is 0 Å². The van der Waals surface area contributed by atoms with E-state index in [0.29, 0.717) is 29.4 Å². The van der Waals surface area contributed by atoms with Gasteiger partial charge in [-0.15, -0.1) is 0 Å². The lowest BCUT2D eigenvalue weighted by molar-refractivity contribution is -0.127. The highest BCUT2D eigenvalue weighted by molar-refractivity contribution is 7.89. The number of benzene rings is 1. The van der Waals surface area contributed by atoms with E-state index in [1.54, 1.807) is 18.2 Å². The molecule has 2 fully saturated rings. The van der Waals surface area contributed by atoms with Gasteiger partial charge in [-0.3, -0.25) is 4.79 Å². The van der Waals surface area contributed by atoms with E-state index >= 15 is 0 Å². The Labute approximate surface area is 127 Å². The Kier molecular flexibility index (Phi) is 3.47. The van der Waals surface area contributed by atoms with Crippen molar-refractivity contribution in [2.45, 2.75) is 18.8 Å². The summed E-state index contributed by atoms with van der Waals surface area (Å²) in [4.78, 5) is 12.3. The summed E-state index contributed by atoms with van der Waals surface area (Å²) >= 11 is 11.9. The third-order valence-electron chi connectivity index (χ3n) is 3.77. The first-order valence-electron chi connectivity index (χ1n) is 6.39. The molecule has 1 aliphatic heterocycles.